The van der Waals surface area contributed by atoms with Gasteiger partial charge in [-0.15, -0.1) is 0 Å². The summed E-state index contributed by atoms with van der Waals surface area (Å²) in [5.41, 5.74) is 1.67. The number of carbonyl (C=O) groups is 1. The normalized spacial score (nSPS) is 17.1. The first kappa shape index (κ1) is 54.6. The zero-order valence-electron chi connectivity index (χ0n) is 39.7. The Morgan fingerprint density at radius 3 is 1.94 bits per heavy atom. The summed E-state index contributed by atoms with van der Waals surface area (Å²) < 4.78 is 168. The Bertz CT molecular complexity index is 3500. The van der Waals surface area contributed by atoms with Crippen LogP contribution in [0.1, 0.15) is 78.4 Å². The number of ketones is 1. The van der Waals surface area contributed by atoms with E-state index in [0.717, 1.165) is 11.6 Å². The average Bonchev–Trinajstić information content (AvgIpc) is 3.59. The largest absolute Gasteiger partial charge is 0.344 e. The number of hydrogen-bond donors (Lipinski definition) is 4. The van der Waals surface area contributed by atoms with Crippen LogP contribution in [0, 0.1) is 5.92 Å². The molecule has 70 heavy (non-hydrogen) atoms. The van der Waals surface area contributed by atoms with Gasteiger partial charge in [-0.25, -0.2) is 12.7 Å². The highest BCUT2D eigenvalue weighted by molar-refractivity contribution is 7.89. The Hall–Kier alpha value is -4.69. The topological polar surface area (TPSA) is 278 Å². The lowest BCUT2D eigenvalue weighted by atomic mass is 9.79. The number of fused-ring (bicyclic) bond motifs is 6. The first-order valence-corrected chi connectivity index (χ1v) is 29.7. The summed E-state index contributed by atoms with van der Waals surface area (Å²) in [6.07, 6.45) is 9.24. The van der Waals surface area contributed by atoms with Gasteiger partial charge < -0.3 is 4.90 Å². The molecule has 0 atom stereocenters. The summed E-state index contributed by atoms with van der Waals surface area (Å²) in [5, 5.41) is 1.14. The number of hydrogen-bond acceptors (Lipinski definition) is 12. The number of carbonyl (C=O) groups excluding carboxylic acids is 1. The van der Waals surface area contributed by atoms with Crippen LogP contribution in [0.4, 0.5) is 11.4 Å². The van der Waals surface area contributed by atoms with E-state index >= 15 is 0 Å². The van der Waals surface area contributed by atoms with E-state index in [9.17, 15) is 65.1 Å². The number of allylic oxidation sites excluding steroid dienone is 6. The molecule has 18 nitrogen and oxygen atoms in total. The van der Waals surface area contributed by atoms with E-state index in [4.69, 9.17) is 0 Å². The summed E-state index contributed by atoms with van der Waals surface area (Å²) >= 11 is 0. The van der Waals surface area contributed by atoms with Gasteiger partial charge in [-0.1, -0.05) is 64.1 Å². The van der Waals surface area contributed by atoms with E-state index in [1.54, 1.807) is 81.2 Å². The lowest BCUT2D eigenvalue weighted by Crippen LogP contribution is -2.29. The number of Topliss-reactive ketones (excluding diaryl/α,β-unsaturated/α-hetero) is 1. The Labute approximate surface area is 410 Å². The Kier molecular flexibility index (Phi) is 15.4. The van der Waals surface area contributed by atoms with Crippen molar-refractivity contribution in [2.24, 2.45) is 5.92 Å². The van der Waals surface area contributed by atoms with Gasteiger partial charge in [0, 0.05) is 84.2 Å². The van der Waals surface area contributed by atoms with Crippen molar-refractivity contribution in [3.63, 3.8) is 0 Å². The zero-order valence-corrected chi connectivity index (χ0v) is 43.8. The molecule has 2 heterocycles. The number of sulfonamides is 1. The fourth-order valence-electron chi connectivity index (χ4n) is 9.52. The van der Waals surface area contributed by atoms with Gasteiger partial charge in [-0.05, 0) is 79.4 Å². The zero-order chi connectivity index (χ0) is 52.2. The summed E-state index contributed by atoms with van der Waals surface area (Å²) in [7, 11) is -21.2. The first-order valence-electron chi connectivity index (χ1n) is 22.2. The van der Waals surface area contributed by atoms with E-state index in [1.165, 1.54) is 23.5 Å². The second-order valence-electron chi connectivity index (χ2n) is 18.8. The average molecular weight is 1070 g/mol. The fraction of sp³-hybridized carbons (Fsp3) is 0.404. The van der Waals surface area contributed by atoms with Crippen LogP contribution < -0.4 is 4.90 Å². The van der Waals surface area contributed by atoms with E-state index in [2.05, 4.69) is 0 Å². The highest BCUT2D eigenvalue weighted by atomic mass is 32.2. The predicted molar refractivity (Wildman–Crippen MR) is 268 cm³/mol. The van der Waals surface area contributed by atoms with Gasteiger partial charge in [0.25, 0.3) is 40.5 Å². The third-order valence-corrected chi connectivity index (χ3v) is 18.1. The molecule has 0 radical (unpaired) electrons. The minimum atomic E-state index is -5.02. The summed E-state index contributed by atoms with van der Waals surface area (Å²) in [4.78, 5) is 12.5. The molecule has 0 aromatic heterocycles. The Morgan fingerprint density at radius 2 is 1.33 bits per heavy atom. The lowest BCUT2D eigenvalue weighted by Gasteiger charge is -2.27. The lowest BCUT2D eigenvalue weighted by molar-refractivity contribution is -0.437. The van der Waals surface area contributed by atoms with Crippen molar-refractivity contribution < 1.29 is 69.7 Å². The monoisotopic (exact) mass is 1060 g/mol. The Balaban J connectivity index is 1.42. The van der Waals surface area contributed by atoms with Gasteiger partial charge >= 0.3 is 0 Å². The highest BCUT2D eigenvalue weighted by Crippen LogP contribution is 2.52. The standard InChI is InChI=1S/C47H57N3O15S5/c1-31(2)39(51)16-12-24-48(7)68(58,59)40-17-11-15-35-33(40)20-22-37-44(35)46(3,4)42(49(37)25-13-27-66(52,53)54)18-9-8-10-19-43-47(5,6)45-36-29-32(69(60,61)62)30-41(70(63,64)65)34(36)21-23-38(45)50(43)26-14-28-67(55,56)57/h8-11,15,17-23,29-31H,12-14,16,24-28H2,1-7H3,(H3-,52,53,54,55,56,57,60,61,62,63,64,65)/p+1. The van der Waals surface area contributed by atoms with Gasteiger partial charge in [0.2, 0.25) is 15.7 Å². The minimum absolute atomic E-state index is 0.0237. The second-order valence-corrected chi connectivity index (χ2v) is 26.8. The predicted octanol–water partition coefficient (Wildman–Crippen LogP) is 6.84. The van der Waals surface area contributed by atoms with E-state index < -0.39 is 82.6 Å². The number of anilines is 1. The molecule has 2 aliphatic heterocycles. The molecule has 23 heteroatoms. The van der Waals surface area contributed by atoms with Gasteiger partial charge in [0.15, 0.2) is 5.71 Å². The second kappa shape index (κ2) is 19.7. The van der Waals surface area contributed by atoms with Gasteiger partial charge in [-0.3, -0.25) is 23.0 Å². The van der Waals surface area contributed by atoms with Crippen LogP contribution in [0.5, 0.6) is 0 Å². The molecule has 4 aromatic rings. The summed E-state index contributed by atoms with van der Waals surface area (Å²) in [6, 6.07) is 13.2. The van der Waals surface area contributed by atoms with Crippen molar-refractivity contribution in [3.8, 4) is 0 Å². The first-order chi connectivity index (χ1) is 32.2. The molecular weight excluding hydrogens is 1010 g/mol. The maximum Gasteiger partial charge on any atom is 0.295 e. The van der Waals surface area contributed by atoms with Crippen LogP contribution >= 0.6 is 0 Å². The molecule has 0 saturated carbocycles. The van der Waals surface area contributed by atoms with Crippen LogP contribution in [0.25, 0.3) is 21.5 Å². The molecule has 0 saturated heterocycles. The smallest absolute Gasteiger partial charge is 0.295 e. The van der Waals surface area contributed by atoms with E-state index in [0.29, 0.717) is 51.6 Å². The molecule has 2 aliphatic rings. The minimum Gasteiger partial charge on any atom is -0.344 e. The quantitative estimate of drug-likeness (QED) is 0.0401. The van der Waals surface area contributed by atoms with E-state index in [1.807, 2.05) is 30.6 Å². The molecule has 0 unspecified atom stereocenters. The summed E-state index contributed by atoms with van der Waals surface area (Å²) in [6.45, 7) is 11.3. The Morgan fingerprint density at radius 1 is 0.700 bits per heavy atom. The van der Waals surface area contributed by atoms with Gasteiger partial charge in [-0.2, -0.15) is 38.2 Å². The van der Waals surface area contributed by atoms with Crippen molar-refractivity contribution in [2.75, 3.05) is 43.1 Å². The van der Waals surface area contributed by atoms with Crippen molar-refractivity contribution in [2.45, 2.75) is 92.7 Å². The molecular formula is C47H58N3O15S5+. The fourth-order valence-corrected chi connectivity index (χ4v) is 13.3. The van der Waals surface area contributed by atoms with Gasteiger partial charge in [0.05, 0.1) is 26.7 Å². The van der Waals surface area contributed by atoms with Gasteiger partial charge in [0.1, 0.15) is 17.2 Å². The van der Waals surface area contributed by atoms with Crippen molar-refractivity contribution in [1.29, 1.82) is 0 Å². The number of nitrogens with zero attached hydrogens (tertiary/aromatic N) is 3. The van der Waals surface area contributed by atoms with Crippen LogP contribution in [0.2, 0.25) is 0 Å². The van der Waals surface area contributed by atoms with Crippen LogP contribution in [-0.2, 0) is 66.1 Å². The molecule has 6 rings (SSSR count). The van der Waals surface area contributed by atoms with E-state index in [-0.39, 0.29) is 66.3 Å². The molecule has 0 aliphatic carbocycles. The van der Waals surface area contributed by atoms with Crippen molar-refractivity contribution >= 4 is 94.9 Å². The number of rotatable bonds is 20. The highest BCUT2D eigenvalue weighted by Gasteiger charge is 2.46. The SMILES string of the molecule is CC(C)C(=O)CCCN(C)S(=O)(=O)c1cccc2c3c(ccc12)[N+](CCCS(=O)(=O)O)=C(/C=C/C=C/C=C1/N(CCCS(=O)(=O)O)c2ccc4c(S(=O)(=O)O)cc(S(=O)(=O)O)cc4c2C1(C)C)C3(C)C. The number of benzene rings is 4. The summed E-state index contributed by atoms with van der Waals surface area (Å²) in [5.74, 6) is -1.23. The molecule has 4 N–H and O–H groups in total. The molecule has 380 valence electrons. The third kappa shape index (κ3) is 11.3. The maximum absolute atomic E-state index is 14.1. The van der Waals surface area contributed by atoms with Crippen LogP contribution in [0.15, 0.2) is 105 Å². The molecule has 0 fully saturated rings. The molecule has 4 aromatic carbocycles. The van der Waals surface area contributed by atoms with Crippen molar-refractivity contribution in [1.82, 2.24) is 4.31 Å². The van der Waals surface area contributed by atoms with Crippen molar-refractivity contribution in [3.05, 3.63) is 102 Å². The van der Waals surface area contributed by atoms with Crippen LogP contribution in [0.3, 0.4) is 0 Å². The van der Waals surface area contributed by atoms with Crippen LogP contribution in [-0.4, -0.2) is 119 Å². The molecule has 0 bridgehead atoms. The third-order valence-electron chi connectivity index (χ3n) is 12.8. The molecule has 0 amide bonds. The maximum atomic E-state index is 14.1. The molecule has 0 spiro atoms.